The zero-order valence-corrected chi connectivity index (χ0v) is 10.3. The van der Waals surface area contributed by atoms with Gasteiger partial charge in [0.15, 0.2) is 9.84 Å². The van der Waals surface area contributed by atoms with E-state index in [2.05, 4.69) is 9.97 Å². The second-order valence-electron chi connectivity index (χ2n) is 3.66. The predicted octanol–water partition coefficient (Wildman–Crippen LogP) is 1.42. The van der Waals surface area contributed by atoms with Gasteiger partial charge in [0, 0.05) is 18.0 Å². The molecule has 0 N–H and O–H groups in total. The zero-order valence-electron chi connectivity index (χ0n) is 9.53. The van der Waals surface area contributed by atoms with Crippen molar-refractivity contribution in [2.75, 3.05) is 6.26 Å². The van der Waals surface area contributed by atoms with Gasteiger partial charge in [-0.05, 0) is 18.2 Å². The van der Waals surface area contributed by atoms with E-state index in [1.165, 1.54) is 18.6 Å². The largest absolute Gasteiger partial charge is 0.245 e. The normalized spacial score (nSPS) is 10.9. The number of hydrogen-bond donors (Lipinski definition) is 0. The molecule has 0 radical (unpaired) electrons. The van der Waals surface area contributed by atoms with Crippen LogP contribution >= 0.6 is 0 Å². The predicted molar refractivity (Wildman–Crippen MR) is 65.3 cm³/mol. The van der Waals surface area contributed by atoms with Gasteiger partial charge < -0.3 is 0 Å². The highest BCUT2D eigenvalue weighted by atomic mass is 32.2. The molecule has 0 bridgehead atoms. The number of nitrogens with zero attached hydrogens (tertiary/aromatic N) is 3. The molecule has 1 heterocycles. The first-order valence-corrected chi connectivity index (χ1v) is 6.92. The van der Waals surface area contributed by atoms with Crippen LogP contribution in [-0.2, 0) is 9.84 Å². The van der Waals surface area contributed by atoms with E-state index in [1.807, 2.05) is 6.07 Å². The Labute approximate surface area is 105 Å². The van der Waals surface area contributed by atoms with Crippen molar-refractivity contribution in [3.8, 4) is 17.3 Å². The molecule has 0 aliphatic carbocycles. The summed E-state index contributed by atoms with van der Waals surface area (Å²) in [5.41, 5.74) is 1.02. The fourth-order valence-corrected chi connectivity index (χ4v) is 2.55. The second kappa shape index (κ2) is 4.55. The Morgan fingerprint density at radius 2 is 2.06 bits per heavy atom. The lowest BCUT2D eigenvalue weighted by Gasteiger charge is -2.08. The number of sulfone groups is 1. The molecule has 6 heteroatoms. The average Bonchev–Trinajstić information content (AvgIpc) is 2.38. The van der Waals surface area contributed by atoms with Crippen molar-refractivity contribution in [1.82, 2.24) is 9.97 Å². The quantitative estimate of drug-likeness (QED) is 0.814. The fourth-order valence-electron chi connectivity index (χ4n) is 1.64. The highest BCUT2D eigenvalue weighted by Gasteiger charge is 2.18. The van der Waals surface area contributed by atoms with Crippen LogP contribution in [0.1, 0.15) is 5.56 Å². The third-order valence-corrected chi connectivity index (χ3v) is 3.52. The number of rotatable bonds is 2. The molecule has 0 fully saturated rings. The van der Waals surface area contributed by atoms with Gasteiger partial charge in [-0.3, -0.25) is 0 Å². The molecule has 2 rings (SSSR count). The summed E-state index contributed by atoms with van der Waals surface area (Å²) in [6.07, 6.45) is 3.92. The third-order valence-electron chi connectivity index (χ3n) is 2.38. The zero-order chi connectivity index (χ0) is 13.2. The van der Waals surface area contributed by atoms with Gasteiger partial charge in [-0.25, -0.2) is 18.4 Å². The van der Waals surface area contributed by atoms with Gasteiger partial charge in [0.25, 0.3) is 0 Å². The van der Waals surface area contributed by atoms with E-state index in [0.717, 1.165) is 6.26 Å². The molecule has 0 saturated heterocycles. The molecule has 0 unspecified atom stereocenters. The summed E-state index contributed by atoms with van der Waals surface area (Å²) in [6, 6.07) is 8.12. The molecule has 2 aromatic rings. The van der Waals surface area contributed by atoms with Crippen LogP contribution in [0.5, 0.6) is 0 Å². The lowest BCUT2D eigenvalue weighted by Crippen LogP contribution is -2.02. The first-order valence-electron chi connectivity index (χ1n) is 5.03. The smallest absolute Gasteiger partial charge is 0.176 e. The van der Waals surface area contributed by atoms with Crippen molar-refractivity contribution >= 4 is 9.84 Å². The van der Waals surface area contributed by atoms with Crippen LogP contribution in [0.4, 0.5) is 0 Å². The van der Waals surface area contributed by atoms with Gasteiger partial charge in [-0.15, -0.1) is 0 Å². The Kier molecular flexibility index (Phi) is 3.08. The molecular formula is C12H9N3O2S. The highest BCUT2D eigenvalue weighted by Crippen LogP contribution is 2.28. The Bertz CT molecular complexity index is 719. The van der Waals surface area contributed by atoms with Crippen molar-refractivity contribution in [1.29, 1.82) is 5.26 Å². The van der Waals surface area contributed by atoms with E-state index in [9.17, 15) is 8.42 Å². The van der Waals surface area contributed by atoms with E-state index in [1.54, 1.807) is 18.2 Å². The standard InChI is InChI=1S/C12H9N3O2S/c1-18(16,17)11-4-2-3-9(7-13)12(11)10-5-6-14-8-15-10/h2-6,8H,1H3. The first-order chi connectivity index (χ1) is 8.54. The van der Waals surface area contributed by atoms with Crippen molar-refractivity contribution in [3.05, 3.63) is 42.4 Å². The molecule has 0 amide bonds. The molecular weight excluding hydrogens is 250 g/mol. The highest BCUT2D eigenvalue weighted by molar-refractivity contribution is 7.90. The Morgan fingerprint density at radius 1 is 1.28 bits per heavy atom. The Morgan fingerprint density at radius 3 is 2.61 bits per heavy atom. The van der Waals surface area contributed by atoms with Gasteiger partial charge >= 0.3 is 0 Å². The van der Waals surface area contributed by atoms with Crippen molar-refractivity contribution < 1.29 is 8.42 Å². The molecule has 0 aliphatic heterocycles. The van der Waals surface area contributed by atoms with E-state index < -0.39 is 9.84 Å². The average molecular weight is 259 g/mol. The maximum absolute atomic E-state index is 11.7. The van der Waals surface area contributed by atoms with Crippen LogP contribution in [0.3, 0.4) is 0 Å². The maximum Gasteiger partial charge on any atom is 0.176 e. The monoisotopic (exact) mass is 259 g/mol. The maximum atomic E-state index is 11.7. The van der Waals surface area contributed by atoms with Gasteiger partial charge in [-0.1, -0.05) is 6.07 Å². The van der Waals surface area contributed by atoms with Gasteiger partial charge in [0.2, 0.25) is 0 Å². The lowest BCUT2D eigenvalue weighted by molar-refractivity contribution is 0.602. The van der Waals surface area contributed by atoms with Crippen LogP contribution in [0.15, 0.2) is 41.7 Å². The molecule has 5 nitrogen and oxygen atoms in total. The first kappa shape index (κ1) is 12.2. The van der Waals surface area contributed by atoms with Gasteiger partial charge in [0.1, 0.15) is 6.33 Å². The van der Waals surface area contributed by atoms with Crippen molar-refractivity contribution in [2.24, 2.45) is 0 Å². The van der Waals surface area contributed by atoms with Crippen molar-refractivity contribution in [2.45, 2.75) is 4.90 Å². The van der Waals surface area contributed by atoms with E-state index in [4.69, 9.17) is 5.26 Å². The molecule has 18 heavy (non-hydrogen) atoms. The lowest BCUT2D eigenvalue weighted by atomic mass is 10.1. The summed E-state index contributed by atoms with van der Waals surface area (Å²) in [6.45, 7) is 0. The SMILES string of the molecule is CS(=O)(=O)c1cccc(C#N)c1-c1ccncn1. The minimum absolute atomic E-state index is 0.0975. The van der Waals surface area contributed by atoms with Crippen LogP contribution in [0.2, 0.25) is 0 Å². The molecule has 1 aromatic carbocycles. The van der Waals surface area contributed by atoms with E-state index in [-0.39, 0.29) is 10.5 Å². The molecule has 0 saturated carbocycles. The minimum atomic E-state index is -3.43. The summed E-state index contributed by atoms with van der Waals surface area (Å²) >= 11 is 0. The number of aromatic nitrogens is 2. The van der Waals surface area contributed by atoms with Gasteiger partial charge in [0.05, 0.1) is 22.2 Å². The Hall–Kier alpha value is -2.26. The van der Waals surface area contributed by atoms with E-state index in [0.29, 0.717) is 11.3 Å². The van der Waals surface area contributed by atoms with Gasteiger partial charge in [-0.2, -0.15) is 5.26 Å². The third kappa shape index (κ3) is 2.21. The van der Waals surface area contributed by atoms with Crippen molar-refractivity contribution in [3.63, 3.8) is 0 Å². The fraction of sp³-hybridized carbons (Fsp3) is 0.0833. The summed E-state index contributed by atoms with van der Waals surface area (Å²) in [4.78, 5) is 7.88. The molecule has 0 atom stereocenters. The van der Waals surface area contributed by atoms with Crippen LogP contribution in [-0.4, -0.2) is 24.6 Å². The summed E-state index contributed by atoms with van der Waals surface area (Å²) in [7, 11) is -3.43. The molecule has 0 aliphatic rings. The summed E-state index contributed by atoms with van der Waals surface area (Å²) in [5, 5.41) is 9.08. The van der Waals surface area contributed by atoms with Crippen LogP contribution < -0.4 is 0 Å². The molecule has 90 valence electrons. The molecule has 1 aromatic heterocycles. The minimum Gasteiger partial charge on any atom is -0.245 e. The summed E-state index contributed by atoms with van der Waals surface area (Å²) in [5.74, 6) is 0. The van der Waals surface area contributed by atoms with Crippen LogP contribution in [0, 0.1) is 11.3 Å². The Balaban J connectivity index is 2.84. The molecule has 0 spiro atoms. The van der Waals surface area contributed by atoms with Crippen LogP contribution in [0.25, 0.3) is 11.3 Å². The topological polar surface area (TPSA) is 83.7 Å². The van der Waals surface area contributed by atoms with E-state index >= 15 is 0 Å². The second-order valence-corrected chi connectivity index (χ2v) is 5.64. The number of benzene rings is 1. The number of nitriles is 1. The summed E-state index contributed by atoms with van der Waals surface area (Å²) < 4.78 is 23.5. The number of hydrogen-bond acceptors (Lipinski definition) is 5.